The topological polar surface area (TPSA) is 24.9 Å². The summed E-state index contributed by atoms with van der Waals surface area (Å²) in [4.78, 5) is 4.45. The number of pyridine rings is 1. The van der Waals surface area contributed by atoms with E-state index >= 15 is 0 Å². The normalized spacial score (nSPS) is 12.4. The van der Waals surface area contributed by atoms with Crippen LogP contribution < -0.4 is 5.32 Å². The van der Waals surface area contributed by atoms with Crippen LogP contribution in [-0.2, 0) is 0 Å². The molecule has 2 rings (SSSR count). The van der Waals surface area contributed by atoms with Crippen molar-refractivity contribution < 1.29 is 4.39 Å². The van der Waals surface area contributed by atoms with Gasteiger partial charge in [0.15, 0.2) is 0 Å². The van der Waals surface area contributed by atoms with Gasteiger partial charge in [0.25, 0.3) is 0 Å². The summed E-state index contributed by atoms with van der Waals surface area (Å²) in [5, 5.41) is 3.45. The molecular formula is C16H18BrFN2. The Labute approximate surface area is 127 Å². The van der Waals surface area contributed by atoms with E-state index in [1.807, 2.05) is 25.1 Å². The highest BCUT2D eigenvalue weighted by atomic mass is 79.9. The Hall–Kier alpha value is -1.26. The second kappa shape index (κ2) is 6.95. The molecule has 1 N–H and O–H groups in total. The Balaban J connectivity index is 2.47. The van der Waals surface area contributed by atoms with E-state index in [0.717, 1.165) is 34.3 Å². The van der Waals surface area contributed by atoms with Crippen LogP contribution in [0.1, 0.15) is 36.2 Å². The molecular weight excluding hydrogens is 319 g/mol. The molecule has 0 aliphatic carbocycles. The predicted octanol–water partition coefficient (Wildman–Crippen LogP) is 4.38. The third kappa shape index (κ3) is 3.44. The highest BCUT2D eigenvalue weighted by molar-refractivity contribution is 9.10. The first kappa shape index (κ1) is 15.1. The minimum atomic E-state index is -0.221. The molecule has 0 amide bonds. The smallest absolute Gasteiger partial charge is 0.123 e. The van der Waals surface area contributed by atoms with Gasteiger partial charge >= 0.3 is 0 Å². The second-order valence-corrected chi connectivity index (χ2v) is 5.61. The van der Waals surface area contributed by atoms with Gasteiger partial charge in [-0.1, -0.05) is 13.0 Å². The average Bonchev–Trinajstić information content (AvgIpc) is 2.44. The molecule has 0 aliphatic heterocycles. The fourth-order valence-electron chi connectivity index (χ4n) is 2.18. The van der Waals surface area contributed by atoms with E-state index < -0.39 is 0 Å². The summed E-state index contributed by atoms with van der Waals surface area (Å²) in [5.74, 6) is -0.221. The van der Waals surface area contributed by atoms with Gasteiger partial charge in [0.05, 0.1) is 11.7 Å². The van der Waals surface area contributed by atoms with Crippen LogP contribution in [0.3, 0.4) is 0 Å². The Bertz CT molecular complexity index is 586. The molecule has 0 radical (unpaired) electrons. The zero-order valence-electron chi connectivity index (χ0n) is 11.7. The van der Waals surface area contributed by atoms with Gasteiger partial charge in [0.1, 0.15) is 5.82 Å². The Morgan fingerprint density at radius 2 is 2.15 bits per heavy atom. The summed E-state index contributed by atoms with van der Waals surface area (Å²) in [6.07, 6.45) is 2.77. The van der Waals surface area contributed by atoms with Crippen LogP contribution in [0.5, 0.6) is 0 Å². The van der Waals surface area contributed by atoms with Crippen LogP contribution in [0.4, 0.5) is 4.39 Å². The monoisotopic (exact) mass is 336 g/mol. The van der Waals surface area contributed by atoms with E-state index in [1.54, 1.807) is 12.3 Å². The Kier molecular flexibility index (Phi) is 5.26. The highest BCUT2D eigenvalue weighted by Crippen LogP contribution is 2.29. The lowest BCUT2D eigenvalue weighted by molar-refractivity contribution is 0.572. The van der Waals surface area contributed by atoms with Crippen LogP contribution >= 0.6 is 15.9 Å². The molecule has 0 spiro atoms. The lowest BCUT2D eigenvalue weighted by atomic mass is 9.98. The first-order valence-corrected chi connectivity index (χ1v) is 7.52. The van der Waals surface area contributed by atoms with Crippen LogP contribution in [0.25, 0.3) is 0 Å². The molecule has 1 atom stereocenters. The van der Waals surface area contributed by atoms with Gasteiger partial charge in [-0.15, -0.1) is 0 Å². The molecule has 0 saturated carbocycles. The molecule has 0 bridgehead atoms. The van der Waals surface area contributed by atoms with Gasteiger partial charge < -0.3 is 5.32 Å². The average molecular weight is 337 g/mol. The lowest BCUT2D eigenvalue weighted by Gasteiger charge is -2.21. The minimum Gasteiger partial charge on any atom is -0.305 e. The quantitative estimate of drug-likeness (QED) is 0.876. The maximum absolute atomic E-state index is 13.6. The van der Waals surface area contributed by atoms with E-state index in [1.165, 1.54) is 6.07 Å². The zero-order valence-corrected chi connectivity index (χ0v) is 13.2. The second-order valence-electron chi connectivity index (χ2n) is 4.76. The number of hydrogen-bond acceptors (Lipinski definition) is 2. The predicted molar refractivity (Wildman–Crippen MR) is 83.2 cm³/mol. The molecule has 2 aromatic rings. The summed E-state index contributed by atoms with van der Waals surface area (Å²) in [6.45, 7) is 4.95. The largest absolute Gasteiger partial charge is 0.305 e. The molecule has 0 fully saturated rings. The molecule has 1 heterocycles. The van der Waals surface area contributed by atoms with Crippen molar-refractivity contribution in [3.05, 3.63) is 63.6 Å². The summed E-state index contributed by atoms with van der Waals surface area (Å²) in [7, 11) is 0. The van der Waals surface area contributed by atoms with Crippen molar-refractivity contribution in [2.75, 3.05) is 6.54 Å². The van der Waals surface area contributed by atoms with Crippen molar-refractivity contribution in [1.82, 2.24) is 10.3 Å². The number of nitrogens with one attached hydrogen (secondary N) is 1. The molecule has 106 valence electrons. The van der Waals surface area contributed by atoms with Gasteiger partial charge in [0, 0.05) is 10.7 Å². The fourth-order valence-corrected chi connectivity index (χ4v) is 2.66. The summed E-state index contributed by atoms with van der Waals surface area (Å²) >= 11 is 3.53. The summed E-state index contributed by atoms with van der Waals surface area (Å²) < 4.78 is 14.5. The number of hydrogen-bond donors (Lipinski definition) is 1. The van der Waals surface area contributed by atoms with Gasteiger partial charge in [-0.25, -0.2) is 4.39 Å². The van der Waals surface area contributed by atoms with E-state index in [0.29, 0.717) is 0 Å². The Morgan fingerprint density at radius 1 is 1.35 bits per heavy atom. The van der Waals surface area contributed by atoms with Crippen molar-refractivity contribution in [2.45, 2.75) is 26.3 Å². The van der Waals surface area contributed by atoms with E-state index in [4.69, 9.17) is 0 Å². The van der Waals surface area contributed by atoms with E-state index in [-0.39, 0.29) is 11.9 Å². The van der Waals surface area contributed by atoms with E-state index in [2.05, 4.69) is 33.2 Å². The van der Waals surface area contributed by atoms with Crippen LogP contribution in [0.2, 0.25) is 0 Å². The third-order valence-electron chi connectivity index (χ3n) is 3.21. The number of nitrogens with zero attached hydrogens (tertiary/aromatic N) is 1. The van der Waals surface area contributed by atoms with Gasteiger partial charge in [-0.3, -0.25) is 4.98 Å². The van der Waals surface area contributed by atoms with Gasteiger partial charge in [0.2, 0.25) is 0 Å². The van der Waals surface area contributed by atoms with Crippen LogP contribution in [0, 0.1) is 12.7 Å². The molecule has 0 aliphatic rings. The van der Waals surface area contributed by atoms with Crippen molar-refractivity contribution in [3.8, 4) is 0 Å². The molecule has 1 aromatic carbocycles. The standard InChI is InChI=1S/C16H18BrFN2/c1-3-8-19-15(16-14(17)5-4-9-20-16)13-10-12(18)7-6-11(13)2/h4-7,9-10,15,19H,3,8H2,1-2H3. The lowest BCUT2D eigenvalue weighted by Crippen LogP contribution is -2.25. The summed E-state index contributed by atoms with van der Waals surface area (Å²) in [5.41, 5.74) is 2.87. The molecule has 1 unspecified atom stereocenters. The van der Waals surface area contributed by atoms with Crippen LogP contribution in [-0.4, -0.2) is 11.5 Å². The number of aryl methyl sites for hydroxylation is 1. The van der Waals surface area contributed by atoms with Crippen molar-refractivity contribution in [2.24, 2.45) is 0 Å². The Morgan fingerprint density at radius 3 is 2.85 bits per heavy atom. The van der Waals surface area contributed by atoms with Crippen molar-refractivity contribution >= 4 is 15.9 Å². The maximum atomic E-state index is 13.6. The number of halogens is 2. The molecule has 20 heavy (non-hydrogen) atoms. The number of rotatable bonds is 5. The number of benzene rings is 1. The fraction of sp³-hybridized carbons (Fsp3) is 0.312. The summed E-state index contributed by atoms with van der Waals surface area (Å²) in [6, 6.07) is 8.61. The third-order valence-corrected chi connectivity index (χ3v) is 3.88. The SMILES string of the molecule is CCCNC(c1cc(F)ccc1C)c1ncccc1Br. The first-order valence-electron chi connectivity index (χ1n) is 6.73. The van der Waals surface area contributed by atoms with E-state index in [9.17, 15) is 4.39 Å². The van der Waals surface area contributed by atoms with Crippen molar-refractivity contribution in [1.29, 1.82) is 0 Å². The molecule has 2 nitrogen and oxygen atoms in total. The molecule has 4 heteroatoms. The molecule has 1 aromatic heterocycles. The van der Waals surface area contributed by atoms with Crippen molar-refractivity contribution in [3.63, 3.8) is 0 Å². The minimum absolute atomic E-state index is 0.110. The maximum Gasteiger partial charge on any atom is 0.123 e. The van der Waals surface area contributed by atoms with Gasteiger partial charge in [-0.2, -0.15) is 0 Å². The molecule has 0 saturated heterocycles. The number of aromatic nitrogens is 1. The van der Waals surface area contributed by atoms with Gasteiger partial charge in [-0.05, 0) is 71.2 Å². The first-order chi connectivity index (χ1) is 9.63. The highest BCUT2D eigenvalue weighted by Gasteiger charge is 2.19. The zero-order chi connectivity index (χ0) is 14.5. The van der Waals surface area contributed by atoms with Crippen LogP contribution in [0.15, 0.2) is 41.0 Å².